The van der Waals surface area contributed by atoms with Gasteiger partial charge in [0.05, 0.1) is 10.2 Å². The number of hydrogen-bond donors (Lipinski definition) is 0. The van der Waals surface area contributed by atoms with Gasteiger partial charge < -0.3 is 0 Å². The van der Waals surface area contributed by atoms with Crippen molar-refractivity contribution in [3.05, 3.63) is 158 Å². The van der Waals surface area contributed by atoms with E-state index in [2.05, 4.69) is 121 Å². The SMILES string of the molecule is c1ccc(-c2ccc(-c3nc(-c4ccccc4)nc(-c4cccc5sc(-c6cc7ccccc7c7ccccc67)nc45)n3)cc2)cc1. The number of thiazole rings is 1. The second-order valence-electron chi connectivity index (χ2n) is 11.5. The van der Waals surface area contributed by atoms with Crippen LogP contribution in [0.25, 0.3) is 87.6 Å². The lowest BCUT2D eigenvalue weighted by molar-refractivity contribution is 1.08. The molecule has 2 aromatic heterocycles. The maximum Gasteiger partial charge on any atom is 0.166 e. The summed E-state index contributed by atoms with van der Waals surface area (Å²) in [5.41, 5.74) is 7.09. The Morgan fingerprint density at radius 3 is 1.66 bits per heavy atom. The van der Waals surface area contributed by atoms with Crippen LogP contribution in [0.3, 0.4) is 0 Å². The maximum absolute atomic E-state index is 5.28. The van der Waals surface area contributed by atoms with Crippen LogP contribution >= 0.6 is 11.3 Å². The number of hydrogen-bond acceptors (Lipinski definition) is 5. The molecule has 0 aliphatic carbocycles. The molecule has 0 spiro atoms. The first kappa shape index (κ1) is 27.3. The van der Waals surface area contributed by atoms with Crippen LogP contribution in [0.1, 0.15) is 0 Å². The molecule has 0 N–H and O–H groups in total. The molecule has 0 atom stereocenters. The second-order valence-corrected chi connectivity index (χ2v) is 12.5. The minimum absolute atomic E-state index is 0.604. The summed E-state index contributed by atoms with van der Waals surface area (Å²) in [5, 5.41) is 5.85. The predicted octanol–water partition coefficient (Wildman–Crippen LogP) is 11.1. The Hall–Kier alpha value is -6.04. The third-order valence-electron chi connectivity index (χ3n) is 8.58. The highest BCUT2D eigenvalue weighted by Gasteiger charge is 2.18. The van der Waals surface area contributed by atoms with Crippen molar-refractivity contribution in [1.29, 1.82) is 0 Å². The van der Waals surface area contributed by atoms with Gasteiger partial charge in [0.1, 0.15) is 5.01 Å². The molecule has 2 heterocycles. The van der Waals surface area contributed by atoms with Gasteiger partial charge in [-0.05, 0) is 50.9 Å². The van der Waals surface area contributed by atoms with E-state index < -0.39 is 0 Å². The molecule has 220 valence electrons. The number of benzene rings is 7. The summed E-state index contributed by atoms with van der Waals surface area (Å²) in [5.74, 6) is 1.86. The molecule has 0 amide bonds. The lowest BCUT2D eigenvalue weighted by Gasteiger charge is -2.09. The van der Waals surface area contributed by atoms with E-state index in [0.717, 1.165) is 43.0 Å². The molecule has 0 saturated carbocycles. The van der Waals surface area contributed by atoms with Gasteiger partial charge >= 0.3 is 0 Å². The van der Waals surface area contributed by atoms with Crippen molar-refractivity contribution in [2.24, 2.45) is 0 Å². The number of fused-ring (bicyclic) bond motifs is 4. The summed E-state index contributed by atoms with van der Waals surface area (Å²) in [4.78, 5) is 20.3. The molecule has 5 heteroatoms. The summed E-state index contributed by atoms with van der Waals surface area (Å²) in [6.45, 7) is 0. The zero-order chi connectivity index (χ0) is 31.2. The fraction of sp³-hybridized carbons (Fsp3) is 0. The highest BCUT2D eigenvalue weighted by Crippen LogP contribution is 2.40. The van der Waals surface area contributed by atoms with Crippen molar-refractivity contribution in [1.82, 2.24) is 19.9 Å². The number of aromatic nitrogens is 4. The van der Waals surface area contributed by atoms with Gasteiger partial charge in [-0.3, -0.25) is 0 Å². The van der Waals surface area contributed by atoms with Crippen LogP contribution in [0, 0.1) is 0 Å². The predicted molar refractivity (Wildman–Crippen MR) is 195 cm³/mol. The van der Waals surface area contributed by atoms with Gasteiger partial charge in [-0.15, -0.1) is 11.3 Å². The van der Waals surface area contributed by atoms with Crippen LogP contribution in [0.5, 0.6) is 0 Å². The summed E-state index contributed by atoms with van der Waals surface area (Å²) >= 11 is 1.70. The van der Waals surface area contributed by atoms with E-state index in [9.17, 15) is 0 Å². The zero-order valence-electron chi connectivity index (χ0n) is 25.2. The van der Waals surface area contributed by atoms with E-state index >= 15 is 0 Å². The Bertz CT molecular complexity index is 2560. The molecule has 0 saturated heterocycles. The van der Waals surface area contributed by atoms with E-state index in [-0.39, 0.29) is 0 Å². The normalized spacial score (nSPS) is 11.4. The van der Waals surface area contributed by atoms with Crippen molar-refractivity contribution in [2.45, 2.75) is 0 Å². The fourth-order valence-corrected chi connectivity index (χ4v) is 7.28. The van der Waals surface area contributed by atoms with Gasteiger partial charge in [-0.2, -0.15) is 0 Å². The molecule has 9 rings (SSSR count). The molecule has 7 aromatic carbocycles. The summed E-state index contributed by atoms with van der Waals surface area (Å²) in [6, 6.07) is 54.6. The monoisotopic (exact) mass is 618 g/mol. The third kappa shape index (κ3) is 4.94. The van der Waals surface area contributed by atoms with Crippen LogP contribution in [0.15, 0.2) is 158 Å². The van der Waals surface area contributed by atoms with Crippen molar-refractivity contribution in [3.63, 3.8) is 0 Å². The lowest BCUT2D eigenvalue weighted by atomic mass is 9.97. The Labute approximate surface area is 275 Å². The average molecular weight is 619 g/mol. The first-order valence-electron chi connectivity index (χ1n) is 15.6. The summed E-state index contributed by atoms with van der Waals surface area (Å²) in [7, 11) is 0. The van der Waals surface area contributed by atoms with E-state index in [4.69, 9.17) is 19.9 Å². The van der Waals surface area contributed by atoms with Crippen molar-refractivity contribution >= 4 is 43.1 Å². The minimum atomic E-state index is 0.604. The van der Waals surface area contributed by atoms with Gasteiger partial charge in [0, 0.05) is 22.3 Å². The van der Waals surface area contributed by atoms with E-state index in [1.54, 1.807) is 11.3 Å². The molecule has 0 unspecified atom stereocenters. The summed E-state index contributed by atoms with van der Waals surface area (Å²) in [6.07, 6.45) is 0. The smallest absolute Gasteiger partial charge is 0.166 e. The number of rotatable bonds is 5. The van der Waals surface area contributed by atoms with E-state index in [1.807, 2.05) is 36.4 Å². The van der Waals surface area contributed by atoms with Gasteiger partial charge in [0.2, 0.25) is 0 Å². The Morgan fingerprint density at radius 2 is 0.915 bits per heavy atom. The quantitative estimate of drug-likeness (QED) is 0.180. The van der Waals surface area contributed by atoms with E-state index in [0.29, 0.717) is 17.5 Å². The van der Waals surface area contributed by atoms with Crippen LogP contribution < -0.4 is 0 Å². The van der Waals surface area contributed by atoms with Crippen molar-refractivity contribution in [2.75, 3.05) is 0 Å². The van der Waals surface area contributed by atoms with Gasteiger partial charge in [-0.1, -0.05) is 140 Å². The molecular formula is C42H26N4S. The van der Waals surface area contributed by atoms with Gasteiger partial charge in [0.25, 0.3) is 0 Å². The fourth-order valence-electron chi connectivity index (χ4n) is 6.26. The maximum atomic E-state index is 5.28. The molecule has 9 aromatic rings. The number of nitrogens with zero attached hydrogens (tertiary/aromatic N) is 4. The molecular weight excluding hydrogens is 593 g/mol. The van der Waals surface area contributed by atoms with Crippen molar-refractivity contribution < 1.29 is 0 Å². The molecule has 4 nitrogen and oxygen atoms in total. The van der Waals surface area contributed by atoms with Crippen molar-refractivity contribution in [3.8, 4) is 55.9 Å². The third-order valence-corrected chi connectivity index (χ3v) is 9.63. The molecule has 0 aliphatic heterocycles. The number of para-hydroxylation sites is 1. The first-order valence-corrected chi connectivity index (χ1v) is 16.4. The second kappa shape index (κ2) is 11.4. The van der Waals surface area contributed by atoms with E-state index in [1.165, 1.54) is 27.1 Å². The van der Waals surface area contributed by atoms with Crippen LogP contribution in [0.4, 0.5) is 0 Å². The minimum Gasteiger partial charge on any atom is -0.235 e. The summed E-state index contributed by atoms with van der Waals surface area (Å²) < 4.78 is 1.09. The van der Waals surface area contributed by atoms with Gasteiger partial charge in [-0.25, -0.2) is 19.9 Å². The van der Waals surface area contributed by atoms with Crippen LogP contribution in [0.2, 0.25) is 0 Å². The van der Waals surface area contributed by atoms with Gasteiger partial charge in [0.15, 0.2) is 17.5 Å². The average Bonchev–Trinajstić information content (AvgIpc) is 3.60. The zero-order valence-corrected chi connectivity index (χ0v) is 26.0. The largest absolute Gasteiger partial charge is 0.235 e. The molecule has 0 aliphatic rings. The first-order chi connectivity index (χ1) is 23.3. The van der Waals surface area contributed by atoms with Crippen LogP contribution in [-0.2, 0) is 0 Å². The molecule has 0 radical (unpaired) electrons. The standard InChI is InChI=1S/C42H26N4S/c1-3-12-27(13-4-1)28-22-24-30(25-23-28)40-44-39(29-14-5-2-6-15-29)45-41(46-40)35-20-11-21-37-38(35)43-42(47-37)36-26-31-16-7-8-17-32(31)33-18-9-10-19-34(33)36/h1-26H. The van der Waals surface area contributed by atoms with Crippen LogP contribution in [-0.4, -0.2) is 19.9 Å². The topological polar surface area (TPSA) is 51.6 Å². The highest BCUT2D eigenvalue weighted by molar-refractivity contribution is 7.21. The molecule has 0 fully saturated rings. The Balaban J connectivity index is 1.21. The Morgan fingerprint density at radius 1 is 0.362 bits per heavy atom. The lowest BCUT2D eigenvalue weighted by Crippen LogP contribution is -2.00. The molecule has 47 heavy (non-hydrogen) atoms. The highest BCUT2D eigenvalue weighted by atomic mass is 32.1. The Kier molecular flexibility index (Phi) is 6.61. The molecule has 0 bridgehead atoms.